The number of aromatic nitrogens is 1. The summed E-state index contributed by atoms with van der Waals surface area (Å²) in [7, 11) is 2.02. The fourth-order valence-corrected chi connectivity index (χ4v) is 2.00. The van der Waals surface area contributed by atoms with E-state index >= 15 is 0 Å². The summed E-state index contributed by atoms with van der Waals surface area (Å²) in [5.74, 6) is -0.138. The van der Waals surface area contributed by atoms with Gasteiger partial charge in [-0.3, -0.25) is 4.79 Å². The molecule has 0 spiro atoms. The van der Waals surface area contributed by atoms with E-state index in [4.69, 9.17) is 4.74 Å². The summed E-state index contributed by atoms with van der Waals surface area (Å²) in [5.41, 5.74) is 3.63. The van der Waals surface area contributed by atoms with Gasteiger partial charge in [0.25, 0.3) is 0 Å². The van der Waals surface area contributed by atoms with Crippen molar-refractivity contribution in [3.63, 3.8) is 0 Å². The van der Waals surface area contributed by atoms with E-state index in [1.165, 1.54) is 11.3 Å². The Kier molecular flexibility index (Phi) is 4.59. The second kappa shape index (κ2) is 5.73. The highest BCUT2D eigenvalue weighted by Gasteiger charge is 2.14. The molecule has 16 heavy (non-hydrogen) atoms. The van der Waals surface area contributed by atoms with Gasteiger partial charge in [0, 0.05) is 18.4 Å². The van der Waals surface area contributed by atoms with Crippen molar-refractivity contribution in [3.8, 4) is 0 Å². The number of carbonyl (C=O) groups is 1. The number of ether oxygens (including phenoxy) is 1. The molecule has 0 aliphatic carbocycles. The van der Waals surface area contributed by atoms with Gasteiger partial charge in [0.2, 0.25) is 0 Å². The van der Waals surface area contributed by atoms with Crippen molar-refractivity contribution in [2.24, 2.45) is 7.05 Å². The zero-order valence-corrected chi connectivity index (χ0v) is 10.7. The number of hydrogen-bond donors (Lipinski definition) is 0. The Balaban J connectivity index is 2.93. The van der Waals surface area contributed by atoms with Crippen molar-refractivity contribution in [2.75, 3.05) is 6.61 Å². The highest BCUT2D eigenvalue weighted by Crippen LogP contribution is 2.17. The first-order chi connectivity index (χ1) is 7.63. The lowest BCUT2D eigenvalue weighted by atomic mass is 10.1. The maximum Gasteiger partial charge on any atom is 0.311 e. The normalized spacial score (nSPS) is 10.5. The van der Waals surface area contributed by atoms with Gasteiger partial charge in [-0.2, -0.15) is 0 Å². The SMILES string of the molecule is CCOC(=O)Cc1c(CC)cc(CC)n1C. The van der Waals surface area contributed by atoms with Crippen LogP contribution in [0.3, 0.4) is 0 Å². The van der Waals surface area contributed by atoms with Crippen LogP contribution in [-0.4, -0.2) is 17.1 Å². The minimum Gasteiger partial charge on any atom is -0.466 e. The summed E-state index contributed by atoms with van der Waals surface area (Å²) < 4.78 is 7.11. The van der Waals surface area contributed by atoms with Gasteiger partial charge in [0.15, 0.2) is 0 Å². The lowest BCUT2D eigenvalue weighted by Crippen LogP contribution is -2.12. The van der Waals surface area contributed by atoms with Crippen molar-refractivity contribution >= 4 is 5.97 Å². The van der Waals surface area contributed by atoms with Gasteiger partial charge < -0.3 is 9.30 Å². The van der Waals surface area contributed by atoms with Gasteiger partial charge in [-0.15, -0.1) is 0 Å². The van der Waals surface area contributed by atoms with E-state index in [0.717, 1.165) is 18.5 Å². The zero-order valence-electron chi connectivity index (χ0n) is 10.7. The third kappa shape index (κ3) is 2.65. The van der Waals surface area contributed by atoms with Crippen LogP contribution in [0.1, 0.15) is 37.7 Å². The molecule has 0 atom stereocenters. The van der Waals surface area contributed by atoms with Crippen LogP contribution < -0.4 is 0 Å². The van der Waals surface area contributed by atoms with Crippen molar-refractivity contribution in [3.05, 3.63) is 23.0 Å². The lowest BCUT2D eigenvalue weighted by molar-refractivity contribution is -0.142. The molecule has 0 fully saturated rings. The Labute approximate surface area is 97.4 Å². The Hall–Kier alpha value is -1.25. The summed E-state index contributed by atoms with van der Waals surface area (Å²) in [5, 5.41) is 0. The van der Waals surface area contributed by atoms with Crippen molar-refractivity contribution in [2.45, 2.75) is 40.0 Å². The van der Waals surface area contributed by atoms with Gasteiger partial charge in [-0.05, 0) is 31.4 Å². The largest absolute Gasteiger partial charge is 0.466 e. The Morgan fingerprint density at radius 3 is 2.50 bits per heavy atom. The van der Waals surface area contributed by atoms with Crippen molar-refractivity contribution < 1.29 is 9.53 Å². The fourth-order valence-electron chi connectivity index (χ4n) is 2.00. The van der Waals surface area contributed by atoms with Crippen LogP contribution in [0.25, 0.3) is 0 Å². The molecule has 0 saturated carbocycles. The third-order valence-corrected chi connectivity index (χ3v) is 2.91. The minimum absolute atomic E-state index is 0.138. The molecule has 1 aromatic heterocycles. The number of nitrogens with zero attached hydrogens (tertiary/aromatic N) is 1. The molecule has 0 saturated heterocycles. The predicted octanol–water partition coefficient (Wildman–Crippen LogP) is 2.26. The summed E-state index contributed by atoms with van der Waals surface area (Å²) >= 11 is 0. The van der Waals surface area contributed by atoms with Crippen LogP contribution in [0.15, 0.2) is 6.07 Å². The first kappa shape index (κ1) is 12.8. The Morgan fingerprint density at radius 2 is 2.00 bits per heavy atom. The second-order valence-corrected chi connectivity index (χ2v) is 3.86. The smallest absolute Gasteiger partial charge is 0.311 e. The zero-order chi connectivity index (χ0) is 12.1. The van der Waals surface area contributed by atoms with E-state index < -0.39 is 0 Å². The molecule has 0 aliphatic rings. The molecule has 0 N–H and O–H groups in total. The summed E-state index contributed by atoms with van der Waals surface area (Å²) in [6.07, 6.45) is 2.34. The number of esters is 1. The van der Waals surface area contributed by atoms with E-state index in [-0.39, 0.29) is 5.97 Å². The monoisotopic (exact) mass is 223 g/mol. The van der Waals surface area contributed by atoms with Gasteiger partial charge in [0.1, 0.15) is 0 Å². The maximum absolute atomic E-state index is 11.5. The average molecular weight is 223 g/mol. The Morgan fingerprint density at radius 1 is 1.31 bits per heavy atom. The highest BCUT2D eigenvalue weighted by atomic mass is 16.5. The van der Waals surface area contributed by atoms with Crippen LogP contribution in [0.5, 0.6) is 0 Å². The minimum atomic E-state index is -0.138. The van der Waals surface area contributed by atoms with E-state index in [1.807, 2.05) is 14.0 Å². The van der Waals surface area contributed by atoms with Gasteiger partial charge >= 0.3 is 5.97 Å². The Bertz CT molecular complexity index is 366. The lowest BCUT2D eigenvalue weighted by Gasteiger charge is -2.07. The van der Waals surface area contributed by atoms with Crippen LogP contribution in [0.2, 0.25) is 0 Å². The van der Waals surface area contributed by atoms with Crippen LogP contribution in [0, 0.1) is 0 Å². The molecule has 0 bridgehead atoms. The maximum atomic E-state index is 11.5. The third-order valence-electron chi connectivity index (χ3n) is 2.91. The highest BCUT2D eigenvalue weighted by molar-refractivity contribution is 5.72. The van der Waals surface area contributed by atoms with E-state index in [2.05, 4.69) is 24.5 Å². The first-order valence-corrected chi connectivity index (χ1v) is 5.95. The molecule has 1 heterocycles. The van der Waals surface area contributed by atoms with Gasteiger partial charge in [-0.25, -0.2) is 0 Å². The fraction of sp³-hybridized carbons (Fsp3) is 0.615. The first-order valence-electron chi connectivity index (χ1n) is 5.95. The van der Waals surface area contributed by atoms with E-state index in [1.54, 1.807) is 0 Å². The molecule has 3 nitrogen and oxygen atoms in total. The predicted molar refractivity (Wildman–Crippen MR) is 64.5 cm³/mol. The number of aryl methyl sites for hydroxylation is 2. The van der Waals surface area contributed by atoms with Gasteiger partial charge in [0.05, 0.1) is 13.0 Å². The number of carbonyl (C=O) groups excluding carboxylic acids is 1. The molecule has 1 aromatic rings. The molecule has 90 valence electrons. The molecular weight excluding hydrogens is 202 g/mol. The van der Waals surface area contributed by atoms with Crippen molar-refractivity contribution in [1.82, 2.24) is 4.57 Å². The van der Waals surface area contributed by atoms with E-state index in [9.17, 15) is 4.79 Å². The topological polar surface area (TPSA) is 31.2 Å². The quantitative estimate of drug-likeness (QED) is 0.717. The number of hydrogen-bond acceptors (Lipinski definition) is 2. The molecular formula is C13H21NO2. The average Bonchev–Trinajstić information content (AvgIpc) is 2.56. The van der Waals surface area contributed by atoms with E-state index in [0.29, 0.717) is 13.0 Å². The van der Waals surface area contributed by atoms with Crippen LogP contribution >= 0.6 is 0 Å². The molecule has 0 unspecified atom stereocenters. The van der Waals surface area contributed by atoms with Crippen LogP contribution in [-0.2, 0) is 35.8 Å². The number of rotatable bonds is 5. The van der Waals surface area contributed by atoms with Gasteiger partial charge in [-0.1, -0.05) is 13.8 Å². The summed E-state index contributed by atoms with van der Waals surface area (Å²) in [6, 6.07) is 2.19. The van der Waals surface area contributed by atoms with Crippen molar-refractivity contribution in [1.29, 1.82) is 0 Å². The molecule has 3 heteroatoms. The standard InChI is InChI=1S/C13H21NO2/c1-5-10-8-11(6-2)14(4)12(10)9-13(15)16-7-3/h8H,5-7,9H2,1-4H3. The molecule has 1 rings (SSSR count). The molecule has 0 amide bonds. The molecule has 0 radical (unpaired) electrons. The molecule has 0 aliphatic heterocycles. The molecule has 0 aromatic carbocycles. The second-order valence-electron chi connectivity index (χ2n) is 3.86. The summed E-state index contributed by atoms with van der Waals surface area (Å²) in [6.45, 7) is 6.53. The summed E-state index contributed by atoms with van der Waals surface area (Å²) in [4.78, 5) is 11.5. The van der Waals surface area contributed by atoms with Crippen LogP contribution in [0.4, 0.5) is 0 Å².